The summed E-state index contributed by atoms with van der Waals surface area (Å²) in [5.74, 6) is 2.61. The Morgan fingerprint density at radius 2 is 1.63 bits per heavy atom. The van der Waals surface area contributed by atoms with Gasteiger partial charge >= 0.3 is 0 Å². The van der Waals surface area contributed by atoms with E-state index in [4.69, 9.17) is 24.0 Å². The van der Waals surface area contributed by atoms with Crippen LogP contribution in [0.15, 0.2) is 54.6 Å². The first-order valence-electron chi connectivity index (χ1n) is 13.4. The molecule has 2 aliphatic carbocycles. The van der Waals surface area contributed by atoms with Crippen LogP contribution in [0.3, 0.4) is 0 Å². The molecule has 1 spiro atoms. The van der Waals surface area contributed by atoms with Gasteiger partial charge in [-0.2, -0.15) is 0 Å². The minimum atomic E-state index is -0.329. The molecule has 35 heavy (non-hydrogen) atoms. The maximum atomic E-state index is 6.69. The molecule has 0 aromatic heterocycles. The van der Waals surface area contributed by atoms with Crippen LogP contribution in [0.25, 0.3) is 11.1 Å². The molecule has 7 rings (SSSR count). The largest absolute Gasteiger partial charge is 0.491 e. The SMILES string of the molecule is C[C@H]1[C@@H](OCCOc2ccc(-c3ccccc3)cc2)O[C@@H]2C[C@]3(C)CC[C@H]4[C@H](C)CC[C@@H]1[C@@]24OO3. The van der Waals surface area contributed by atoms with E-state index in [0.717, 1.165) is 31.4 Å². The van der Waals surface area contributed by atoms with E-state index in [9.17, 15) is 0 Å². The summed E-state index contributed by atoms with van der Waals surface area (Å²) in [6.45, 7) is 7.81. The monoisotopic (exact) mass is 478 g/mol. The van der Waals surface area contributed by atoms with Crippen molar-refractivity contribution >= 4 is 0 Å². The molecule has 0 amide bonds. The fourth-order valence-corrected chi connectivity index (χ4v) is 7.31. The lowest BCUT2D eigenvalue weighted by molar-refractivity contribution is -0.495. The van der Waals surface area contributed by atoms with Gasteiger partial charge < -0.3 is 14.2 Å². The highest BCUT2D eigenvalue weighted by Crippen LogP contribution is 2.61. The Morgan fingerprint density at radius 3 is 2.43 bits per heavy atom. The molecular formula is C30H38O5. The maximum Gasteiger partial charge on any atom is 0.161 e. The molecule has 2 aromatic carbocycles. The van der Waals surface area contributed by atoms with Crippen molar-refractivity contribution in [3.05, 3.63) is 54.6 Å². The van der Waals surface area contributed by atoms with Crippen LogP contribution in [-0.2, 0) is 19.2 Å². The topological polar surface area (TPSA) is 46.2 Å². The zero-order chi connectivity index (χ0) is 24.0. The van der Waals surface area contributed by atoms with E-state index in [1.54, 1.807) is 0 Å². The van der Waals surface area contributed by atoms with Crippen molar-refractivity contribution in [2.24, 2.45) is 23.7 Å². The summed E-state index contributed by atoms with van der Waals surface area (Å²) in [7, 11) is 0. The number of benzene rings is 2. The molecular weight excluding hydrogens is 440 g/mol. The minimum absolute atomic E-state index is 0.0224. The first-order valence-corrected chi connectivity index (χ1v) is 13.4. The molecule has 0 N–H and O–H groups in total. The van der Waals surface area contributed by atoms with Crippen LogP contribution in [0.5, 0.6) is 5.75 Å². The Labute approximate surface area is 209 Å². The number of rotatable bonds is 6. The average molecular weight is 479 g/mol. The Morgan fingerprint density at radius 1 is 0.857 bits per heavy atom. The smallest absolute Gasteiger partial charge is 0.161 e. The fraction of sp³-hybridized carbons (Fsp3) is 0.600. The van der Waals surface area contributed by atoms with Gasteiger partial charge in [-0.25, -0.2) is 9.78 Å². The van der Waals surface area contributed by atoms with Gasteiger partial charge in [0.25, 0.3) is 0 Å². The minimum Gasteiger partial charge on any atom is -0.491 e. The van der Waals surface area contributed by atoms with Crippen molar-refractivity contribution in [2.45, 2.75) is 76.5 Å². The molecule has 2 aromatic rings. The molecule has 2 bridgehead atoms. The molecule has 5 fully saturated rings. The van der Waals surface area contributed by atoms with Crippen molar-refractivity contribution in [1.82, 2.24) is 0 Å². The van der Waals surface area contributed by atoms with E-state index in [2.05, 4.69) is 57.2 Å². The third kappa shape index (κ3) is 4.11. The molecule has 0 radical (unpaired) electrons. The molecule has 188 valence electrons. The molecule has 2 saturated carbocycles. The van der Waals surface area contributed by atoms with Gasteiger partial charge in [-0.3, -0.25) is 0 Å². The summed E-state index contributed by atoms with van der Waals surface area (Å²) >= 11 is 0. The van der Waals surface area contributed by atoms with Crippen LogP contribution in [0.1, 0.15) is 52.9 Å². The third-order valence-electron chi connectivity index (χ3n) is 9.23. The van der Waals surface area contributed by atoms with Crippen LogP contribution in [0.2, 0.25) is 0 Å². The predicted octanol–water partition coefficient (Wildman–Crippen LogP) is 6.42. The van der Waals surface area contributed by atoms with Gasteiger partial charge in [0.1, 0.15) is 23.6 Å². The maximum absolute atomic E-state index is 6.69. The van der Waals surface area contributed by atoms with E-state index in [1.165, 1.54) is 17.5 Å². The first kappa shape index (κ1) is 23.5. The summed E-state index contributed by atoms with van der Waals surface area (Å²) < 4.78 is 19.0. The van der Waals surface area contributed by atoms with Crippen molar-refractivity contribution < 1.29 is 24.0 Å². The van der Waals surface area contributed by atoms with Crippen LogP contribution in [0, 0.1) is 23.7 Å². The molecule has 8 atom stereocenters. The van der Waals surface area contributed by atoms with Crippen molar-refractivity contribution in [2.75, 3.05) is 13.2 Å². The Kier molecular flexibility index (Phi) is 6.16. The lowest BCUT2D eigenvalue weighted by atomic mass is 9.56. The number of fused-ring (bicyclic) bond motifs is 2. The van der Waals surface area contributed by atoms with E-state index in [1.807, 2.05) is 18.2 Å². The summed E-state index contributed by atoms with van der Waals surface area (Å²) in [5, 5.41) is 0. The first-order chi connectivity index (χ1) is 17.0. The second-order valence-corrected chi connectivity index (χ2v) is 11.4. The summed E-state index contributed by atoms with van der Waals surface area (Å²) in [5.41, 5.74) is 1.80. The van der Waals surface area contributed by atoms with Crippen molar-refractivity contribution in [3.8, 4) is 16.9 Å². The molecule has 3 heterocycles. The summed E-state index contributed by atoms with van der Waals surface area (Å²) in [4.78, 5) is 12.4. The molecule has 5 nitrogen and oxygen atoms in total. The molecule has 3 aliphatic heterocycles. The van der Waals surface area contributed by atoms with E-state index >= 15 is 0 Å². The highest BCUT2D eigenvalue weighted by molar-refractivity contribution is 5.63. The summed E-state index contributed by atoms with van der Waals surface area (Å²) in [6, 6.07) is 18.6. The lowest BCUT2D eigenvalue weighted by Gasteiger charge is -2.61. The third-order valence-corrected chi connectivity index (χ3v) is 9.23. The highest BCUT2D eigenvalue weighted by Gasteiger charge is 2.68. The van der Waals surface area contributed by atoms with Gasteiger partial charge in [-0.05, 0) is 67.7 Å². The number of hydrogen-bond acceptors (Lipinski definition) is 5. The highest BCUT2D eigenvalue weighted by atomic mass is 17.2. The molecule has 0 unspecified atom stereocenters. The van der Waals surface area contributed by atoms with E-state index in [0.29, 0.717) is 31.0 Å². The van der Waals surface area contributed by atoms with Gasteiger partial charge in [0, 0.05) is 18.3 Å². The van der Waals surface area contributed by atoms with Crippen LogP contribution < -0.4 is 4.74 Å². The van der Waals surface area contributed by atoms with Gasteiger partial charge in [0.2, 0.25) is 0 Å². The quantitative estimate of drug-likeness (QED) is 0.354. The van der Waals surface area contributed by atoms with Crippen molar-refractivity contribution in [1.29, 1.82) is 0 Å². The van der Waals surface area contributed by atoms with Gasteiger partial charge in [0.05, 0.1) is 12.7 Å². The van der Waals surface area contributed by atoms with Crippen LogP contribution >= 0.6 is 0 Å². The van der Waals surface area contributed by atoms with Gasteiger partial charge in [-0.15, -0.1) is 0 Å². The van der Waals surface area contributed by atoms with Gasteiger partial charge in [0.15, 0.2) is 6.29 Å². The standard InChI is InChI=1S/C30H38O5/c1-20-9-14-26-21(2)28(33-27-19-29(3)16-15-25(20)30(26,27)35-34-29)32-18-17-31-24-12-10-23(11-13-24)22-7-5-4-6-8-22/h4-8,10-13,20-21,25-28H,9,14-19H2,1-3H3/t20-,21-,25+,26+,27-,28+,29+,30-/m1/s1. The fourth-order valence-electron chi connectivity index (χ4n) is 7.31. The average Bonchev–Trinajstić information content (AvgIpc) is 3.11. The molecule has 3 saturated heterocycles. The number of ether oxygens (including phenoxy) is 3. The summed E-state index contributed by atoms with van der Waals surface area (Å²) in [6.07, 6.45) is 5.24. The van der Waals surface area contributed by atoms with E-state index in [-0.39, 0.29) is 29.5 Å². The zero-order valence-corrected chi connectivity index (χ0v) is 21.2. The second kappa shape index (κ2) is 9.19. The molecule has 5 heteroatoms. The second-order valence-electron chi connectivity index (χ2n) is 11.4. The predicted molar refractivity (Wildman–Crippen MR) is 134 cm³/mol. The molecule has 5 aliphatic rings. The zero-order valence-electron chi connectivity index (χ0n) is 21.2. The Bertz CT molecular complexity index is 1010. The van der Waals surface area contributed by atoms with Crippen LogP contribution in [0.4, 0.5) is 0 Å². The lowest BCUT2D eigenvalue weighted by Crippen LogP contribution is -2.69. The van der Waals surface area contributed by atoms with Crippen LogP contribution in [-0.4, -0.2) is 36.8 Å². The number of hydrogen-bond donors (Lipinski definition) is 0. The van der Waals surface area contributed by atoms with Gasteiger partial charge in [-0.1, -0.05) is 56.3 Å². The Hall–Kier alpha value is -1.92. The Balaban J connectivity index is 1.08. The van der Waals surface area contributed by atoms with Crippen molar-refractivity contribution in [3.63, 3.8) is 0 Å². The van der Waals surface area contributed by atoms with E-state index < -0.39 is 0 Å². The normalized spacial score (nSPS) is 40.1.